The predicted octanol–water partition coefficient (Wildman–Crippen LogP) is 2.04. The van der Waals surface area contributed by atoms with Crippen LogP contribution in [0.5, 0.6) is 0 Å². The van der Waals surface area contributed by atoms with Crippen LogP contribution in [0.1, 0.15) is 19.3 Å². The third-order valence-electron chi connectivity index (χ3n) is 2.54. The second-order valence-electron chi connectivity index (χ2n) is 3.61. The summed E-state index contributed by atoms with van der Waals surface area (Å²) in [6.45, 7) is 0.871. The van der Waals surface area contributed by atoms with E-state index in [9.17, 15) is 4.79 Å². The molecule has 0 radical (unpaired) electrons. The first-order valence-electron chi connectivity index (χ1n) is 4.58. The predicted molar refractivity (Wildman–Crippen MR) is 54.0 cm³/mol. The van der Waals surface area contributed by atoms with Crippen molar-refractivity contribution >= 4 is 29.0 Å². The quantitative estimate of drug-likeness (QED) is 0.603. The van der Waals surface area contributed by atoms with E-state index in [0.717, 1.165) is 19.4 Å². The van der Waals surface area contributed by atoms with E-state index < -0.39 is 4.52 Å². The first-order valence-corrected chi connectivity index (χ1v) is 5.34. The van der Waals surface area contributed by atoms with Crippen LogP contribution in [0.2, 0.25) is 0 Å². The summed E-state index contributed by atoms with van der Waals surface area (Å²) in [6.07, 6.45) is 2.74. The van der Waals surface area contributed by atoms with Gasteiger partial charge < -0.3 is 9.64 Å². The van der Waals surface area contributed by atoms with Crippen LogP contribution in [0.4, 0.5) is 0 Å². The summed E-state index contributed by atoms with van der Waals surface area (Å²) in [4.78, 5) is 13.6. The summed E-state index contributed by atoms with van der Waals surface area (Å²) in [5, 5.41) is 0. The number of hydrogen-bond donors (Lipinski definition) is 0. The number of carbonyl (C=O) groups is 1. The van der Waals surface area contributed by atoms with Crippen LogP contribution >= 0.6 is 23.2 Å². The van der Waals surface area contributed by atoms with Crippen LogP contribution in [0.25, 0.3) is 0 Å². The third kappa shape index (κ3) is 1.48. The molecule has 78 valence electrons. The number of hydrogen-bond acceptors (Lipinski definition) is 3. The molecule has 0 atom stereocenters. The summed E-state index contributed by atoms with van der Waals surface area (Å²) in [5.41, 5.74) is 0.634. The lowest BCUT2D eigenvalue weighted by Crippen LogP contribution is -2.25. The molecule has 0 aromatic carbocycles. The summed E-state index contributed by atoms with van der Waals surface area (Å²) in [7, 11) is 1.88. The van der Waals surface area contributed by atoms with E-state index in [1.807, 2.05) is 11.9 Å². The van der Waals surface area contributed by atoms with E-state index >= 15 is 0 Å². The Hall–Kier alpha value is -0.410. The van der Waals surface area contributed by atoms with Gasteiger partial charge in [0.25, 0.3) is 0 Å². The molecule has 0 saturated heterocycles. The highest BCUT2D eigenvalue weighted by Gasteiger charge is 2.48. The molecule has 3 nitrogen and oxygen atoms in total. The maximum absolute atomic E-state index is 11.7. The molecule has 0 N–H and O–H groups in total. The van der Waals surface area contributed by atoms with Gasteiger partial charge in [-0.2, -0.15) is 0 Å². The average Bonchev–Trinajstić information content (AvgIpc) is 2.27. The van der Waals surface area contributed by atoms with Gasteiger partial charge in [0.1, 0.15) is 0 Å². The monoisotopic (exact) mass is 235 g/mol. The minimum absolute atomic E-state index is 0.301. The maximum atomic E-state index is 11.7. The van der Waals surface area contributed by atoms with E-state index in [4.69, 9.17) is 27.9 Å². The van der Waals surface area contributed by atoms with Crippen molar-refractivity contribution in [3.8, 4) is 0 Å². The number of halogens is 2. The molecular weight excluding hydrogens is 225 g/mol. The van der Waals surface area contributed by atoms with E-state index in [1.165, 1.54) is 0 Å². The van der Waals surface area contributed by atoms with Crippen molar-refractivity contribution in [3.63, 3.8) is 0 Å². The Morgan fingerprint density at radius 3 is 2.86 bits per heavy atom. The molecule has 0 amide bonds. The topological polar surface area (TPSA) is 29.5 Å². The van der Waals surface area contributed by atoms with Gasteiger partial charge in [0.15, 0.2) is 5.88 Å². The van der Waals surface area contributed by atoms with Gasteiger partial charge in [0.05, 0.1) is 5.57 Å². The Balaban J connectivity index is 2.34. The van der Waals surface area contributed by atoms with Gasteiger partial charge in [0, 0.05) is 13.6 Å². The zero-order chi connectivity index (χ0) is 10.3. The van der Waals surface area contributed by atoms with Crippen molar-refractivity contribution in [2.45, 2.75) is 23.8 Å². The minimum atomic E-state index is -1.70. The van der Waals surface area contributed by atoms with Gasteiger partial charge in [0.2, 0.25) is 5.78 Å². The van der Waals surface area contributed by atoms with Crippen molar-refractivity contribution in [1.29, 1.82) is 0 Å². The van der Waals surface area contributed by atoms with Gasteiger partial charge >= 0.3 is 4.52 Å². The highest BCUT2D eigenvalue weighted by molar-refractivity contribution is 6.59. The van der Waals surface area contributed by atoms with Gasteiger partial charge in [-0.05, 0) is 42.5 Å². The van der Waals surface area contributed by atoms with Gasteiger partial charge in [-0.1, -0.05) is 0 Å². The molecule has 0 aromatic rings. The van der Waals surface area contributed by atoms with Crippen LogP contribution < -0.4 is 0 Å². The summed E-state index contributed by atoms with van der Waals surface area (Å²) < 4.78 is 3.55. The van der Waals surface area contributed by atoms with Crippen LogP contribution in [-0.4, -0.2) is 28.8 Å². The lowest BCUT2D eigenvalue weighted by Gasteiger charge is -2.21. The normalized spacial score (nSPS) is 25.9. The molecule has 2 aliphatic rings. The summed E-state index contributed by atoms with van der Waals surface area (Å²) in [6, 6.07) is 0. The van der Waals surface area contributed by atoms with Gasteiger partial charge in [-0.25, -0.2) is 0 Å². The molecule has 0 fully saturated rings. The van der Waals surface area contributed by atoms with Crippen molar-refractivity contribution in [2.24, 2.45) is 0 Å². The SMILES string of the molecule is CN1CCCCC2=C1OC(Cl)(Cl)C2=O. The van der Waals surface area contributed by atoms with Gasteiger partial charge in [-0.3, -0.25) is 4.79 Å². The van der Waals surface area contributed by atoms with E-state index in [2.05, 4.69) is 0 Å². The van der Waals surface area contributed by atoms with E-state index in [0.29, 0.717) is 17.9 Å². The van der Waals surface area contributed by atoms with Crippen LogP contribution in [0.3, 0.4) is 0 Å². The molecule has 0 saturated carbocycles. The Morgan fingerprint density at radius 2 is 2.14 bits per heavy atom. The van der Waals surface area contributed by atoms with E-state index in [-0.39, 0.29) is 5.78 Å². The highest BCUT2D eigenvalue weighted by Crippen LogP contribution is 2.41. The lowest BCUT2D eigenvalue weighted by molar-refractivity contribution is -0.120. The number of ketones is 1. The first-order chi connectivity index (χ1) is 6.52. The Kier molecular flexibility index (Phi) is 2.40. The molecule has 2 rings (SSSR count). The van der Waals surface area contributed by atoms with E-state index in [1.54, 1.807) is 0 Å². The molecule has 0 bridgehead atoms. The average molecular weight is 236 g/mol. The molecular formula is C9H11Cl2NO2. The summed E-state index contributed by atoms with van der Waals surface area (Å²) >= 11 is 11.5. The van der Waals surface area contributed by atoms with Crippen molar-refractivity contribution in [2.75, 3.05) is 13.6 Å². The first kappa shape index (κ1) is 10.1. The fraction of sp³-hybridized carbons (Fsp3) is 0.667. The highest BCUT2D eigenvalue weighted by atomic mass is 35.5. The Bertz CT molecular complexity index is 312. The number of carbonyl (C=O) groups excluding carboxylic acids is 1. The standard InChI is InChI=1S/C9H11Cl2NO2/c1-12-5-3-2-4-6-7(13)9(10,11)14-8(6)12/h2-5H2,1H3. The zero-order valence-electron chi connectivity index (χ0n) is 7.85. The summed E-state index contributed by atoms with van der Waals surface area (Å²) in [5.74, 6) is 0.252. The molecule has 5 heteroatoms. The minimum Gasteiger partial charge on any atom is -0.435 e. The second-order valence-corrected chi connectivity index (χ2v) is 4.87. The second kappa shape index (κ2) is 3.31. The largest absolute Gasteiger partial charge is 0.435 e. The Labute approximate surface area is 92.6 Å². The number of nitrogens with zero attached hydrogens (tertiary/aromatic N) is 1. The molecule has 0 aliphatic carbocycles. The van der Waals surface area contributed by atoms with Crippen LogP contribution in [0, 0.1) is 0 Å². The molecule has 2 heterocycles. The van der Waals surface area contributed by atoms with Gasteiger partial charge in [-0.15, -0.1) is 0 Å². The molecule has 0 aromatic heterocycles. The zero-order valence-corrected chi connectivity index (χ0v) is 9.36. The van der Waals surface area contributed by atoms with Crippen LogP contribution in [0.15, 0.2) is 11.5 Å². The number of Topliss-reactive ketones (excluding diaryl/α,β-unsaturated/α-hetero) is 1. The fourth-order valence-electron chi connectivity index (χ4n) is 1.78. The molecule has 0 unspecified atom stereocenters. The van der Waals surface area contributed by atoms with Crippen molar-refractivity contribution in [1.82, 2.24) is 4.90 Å². The molecule has 0 spiro atoms. The number of ether oxygens (including phenoxy) is 1. The molecule has 2 aliphatic heterocycles. The van der Waals surface area contributed by atoms with Crippen LogP contribution in [-0.2, 0) is 9.53 Å². The van der Waals surface area contributed by atoms with Crippen molar-refractivity contribution < 1.29 is 9.53 Å². The lowest BCUT2D eigenvalue weighted by atomic mass is 10.1. The number of rotatable bonds is 0. The fourth-order valence-corrected chi connectivity index (χ4v) is 2.16. The Morgan fingerprint density at radius 1 is 1.43 bits per heavy atom. The van der Waals surface area contributed by atoms with Crippen molar-refractivity contribution in [3.05, 3.63) is 11.5 Å². The maximum Gasteiger partial charge on any atom is 0.324 e. The third-order valence-corrected chi connectivity index (χ3v) is 3.04. The smallest absolute Gasteiger partial charge is 0.324 e. The number of alkyl halides is 2. The molecule has 14 heavy (non-hydrogen) atoms.